The summed E-state index contributed by atoms with van der Waals surface area (Å²) in [5.41, 5.74) is 3.15. The highest BCUT2D eigenvalue weighted by Crippen LogP contribution is 2.29. The molecule has 0 aliphatic heterocycles. The fraction of sp³-hybridized carbons (Fsp3) is 0.184. The van der Waals surface area contributed by atoms with Crippen molar-refractivity contribution < 1.29 is 27.8 Å². The van der Waals surface area contributed by atoms with E-state index in [0.29, 0.717) is 42.6 Å². The quantitative estimate of drug-likeness (QED) is 0.120. The summed E-state index contributed by atoms with van der Waals surface area (Å²) in [6, 6.07) is 37.0. The number of benzene rings is 5. The molecule has 0 fully saturated rings. The maximum atomic E-state index is 13.4. The van der Waals surface area contributed by atoms with Crippen LogP contribution < -0.4 is 4.74 Å². The molecule has 5 rings (SSSR count). The smallest absolute Gasteiger partial charge is 0.341 e. The number of carbonyl (C=O) groups is 1. The molecule has 0 amide bonds. The van der Waals surface area contributed by atoms with Crippen molar-refractivity contribution in [2.24, 2.45) is 0 Å². The molecule has 0 aliphatic rings. The number of nitrogens with zero attached hydrogens (tertiary/aromatic N) is 1. The van der Waals surface area contributed by atoms with Gasteiger partial charge in [0.1, 0.15) is 17.1 Å². The van der Waals surface area contributed by atoms with Crippen molar-refractivity contribution >= 4 is 27.4 Å². The van der Waals surface area contributed by atoms with Gasteiger partial charge in [0.05, 0.1) is 22.5 Å². The largest absolute Gasteiger partial charge is 0.462 e. The summed E-state index contributed by atoms with van der Waals surface area (Å²) >= 11 is 6.15. The van der Waals surface area contributed by atoms with Crippen molar-refractivity contribution in [2.45, 2.75) is 35.8 Å². The SMILES string of the molecule is CCOC(=O)c1ccccc1Oc1ccc(S(=O)(=O)c2ccc(CCN(Cc3ccccc3)C[C@H](O)c3cccc(Cl)c3)cc2)cc1. The number of esters is 1. The number of hydrogen-bond donors (Lipinski definition) is 1. The molecule has 242 valence electrons. The number of ether oxygens (including phenoxy) is 2. The number of para-hydroxylation sites is 1. The van der Waals surface area contributed by atoms with Crippen LogP contribution in [0.5, 0.6) is 11.5 Å². The van der Waals surface area contributed by atoms with Crippen LogP contribution in [-0.2, 0) is 27.5 Å². The Morgan fingerprint density at radius 1 is 0.809 bits per heavy atom. The Labute approximate surface area is 280 Å². The summed E-state index contributed by atoms with van der Waals surface area (Å²) in [5.74, 6) is 0.208. The molecule has 0 radical (unpaired) electrons. The lowest BCUT2D eigenvalue weighted by atomic mass is 10.1. The Morgan fingerprint density at radius 2 is 1.47 bits per heavy atom. The van der Waals surface area contributed by atoms with Gasteiger partial charge in [-0.25, -0.2) is 13.2 Å². The van der Waals surface area contributed by atoms with Crippen LogP contribution in [0.1, 0.15) is 40.1 Å². The van der Waals surface area contributed by atoms with Gasteiger partial charge in [-0.3, -0.25) is 4.90 Å². The Kier molecular flexibility index (Phi) is 11.5. The van der Waals surface area contributed by atoms with Crippen molar-refractivity contribution in [2.75, 3.05) is 19.7 Å². The van der Waals surface area contributed by atoms with Crippen molar-refractivity contribution in [3.63, 3.8) is 0 Å². The number of rotatable bonds is 14. The van der Waals surface area contributed by atoms with Gasteiger partial charge in [0.25, 0.3) is 0 Å². The van der Waals surface area contributed by atoms with Gasteiger partial charge in [-0.15, -0.1) is 0 Å². The van der Waals surface area contributed by atoms with Gasteiger partial charge in [-0.2, -0.15) is 0 Å². The van der Waals surface area contributed by atoms with Crippen LogP contribution in [0.4, 0.5) is 0 Å². The van der Waals surface area contributed by atoms with E-state index in [1.54, 1.807) is 67.6 Å². The van der Waals surface area contributed by atoms with Crippen LogP contribution in [0, 0.1) is 0 Å². The third kappa shape index (κ3) is 9.08. The molecule has 9 heteroatoms. The summed E-state index contributed by atoms with van der Waals surface area (Å²) in [5, 5.41) is 11.6. The minimum Gasteiger partial charge on any atom is -0.462 e. The minimum absolute atomic E-state index is 0.125. The first-order valence-corrected chi connectivity index (χ1v) is 17.2. The molecule has 0 aromatic heterocycles. The zero-order valence-corrected chi connectivity index (χ0v) is 27.5. The van der Waals surface area contributed by atoms with Crippen molar-refractivity contribution in [3.8, 4) is 11.5 Å². The van der Waals surface area contributed by atoms with Gasteiger partial charge in [0.2, 0.25) is 9.84 Å². The molecule has 5 aromatic rings. The molecule has 0 bridgehead atoms. The molecule has 47 heavy (non-hydrogen) atoms. The van der Waals surface area contributed by atoms with Gasteiger partial charge in [0, 0.05) is 24.7 Å². The van der Waals surface area contributed by atoms with E-state index in [2.05, 4.69) is 17.0 Å². The molecule has 0 unspecified atom stereocenters. The lowest BCUT2D eigenvalue weighted by Gasteiger charge is -2.25. The van der Waals surface area contributed by atoms with Gasteiger partial charge >= 0.3 is 5.97 Å². The van der Waals surface area contributed by atoms with E-state index >= 15 is 0 Å². The number of carbonyl (C=O) groups excluding carboxylic acids is 1. The lowest BCUT2D eigenvalue weighted by molar-refractivity contribution is 0.0523. The van der Waals surface area contributed by atoms with Crippen LogP contribution in [-0.4, -0.2) is 44.1 Å². The Hall–Kier alpha value is -4.47. The first-order chi connectivity index (χ1) is 22.7. The maximum Gasteiger partial charge on any atom is 0.341 e. The lowest BCUT2D eigenvalue weighted by Crippen LogP contribution is -2.30. The van der Waals surface area contributed by atoms with Gasteiger partial charge < -0.3 is 14.6 Å². The van der Waals surface area contributed by atoms with E-state index in [1.165, 1.54) is 12.1 Å². The molecule has 0 spiro atoms. The third-order valence-corrected chi connectivity index (χ3v) is 9.63. The molecule has 0 saturated carbocycles. The first kappa shape index (κ1) is 33.9. The predicted octanol–water partition coefficient (Wildman–Crippen LogP) is 7.92. The van der Waals surface area contributed by atoms with Gasteiger partial charge in [-0.1, -0.05) is 78.3 Å². The van der Waals surface area contributed by atoms with E-state index in [4.69, 9.17) is 21.1 Å². The summed E-state index contributed by atoms with van der Waals surface area (Å²) in [6.45, 7) is 3.68. The number of aliphatic hydroxyl groups is 1. The van der Waals surface area contributed by atoms with Gasteiger partial charge in [-0.05, 0) is 90.7 Å². The van der Waals surface area contributed by atoms with Crippen LogP contribution >= 0.6 is 11.6 Å². The maximum absolute atomic E-state index is 13.4. The zero-order chi connectivity index (χ0) is 33.2. The fourth-order valence-corrected chi connectivity index (χ4v) is 6.61. The predicted molar refractivity (Wildman–Crippen MR) is 183 cm³/mol. The Morgan fingerprint density at radius 3 is 2.15 bits per heavy atom. The Bertz CT molecular complexity index is 1880. The molecule has 1 N–H and O–H groups in total. The average Bonchev–Trinajstić information content (AvgIpc) is 3.08. The number of hydrogen-bond acceptors (Lipinski definition) is 7. The third-order valence-electron chi connectivity index (χ3n) is 7.61. The minimum atomic E-state index is -3.78. The molecule has 0 heterocycles. The van der Waals surface area contributed by atoms with Crippen LogP contribution in [0.15, 0.2) is 137 Å². The monoisotopic (exact) mass is 669 g/mol. The van der Waals surface area contributed by atoms with Crippen molar-refractivity contribution in [3.05, 3.63) is 155 Å². The molecule has 5 aromatic carbocycles. The molecule has 7 nitrogen and oxygen atoms in total. The van der Waals surface area contributed by atoms with E-state index in [0.717, 1.165) is 16.7 Å². The summed E-state index contributed by atoms with van der Waals surface area (Å²) in [7, 11) is -3.78. The summed E-state index contributed by atoms with van der Waals surface area (Å²) in [4.78, 5) is 14.8. The number of aliphatic hydroxyl groups excluding tert-OH is 1. The van der Waals surface area contributed by atoms with Crippen molar-refractivity contribution in [1.29, 1.82) is 0 Å². The molecular weight excluding hydrogens is 634 g/mol. The highest BCUT2D eigenvalue weighted by atomic mass is 35.5. The summed E-state index contributed by atoms with van der Waals surface area (Å²) < 4.78 is 37.8. The Balaban J connectivity index is 1.24. The second kappa shape index (κ2) is 15.9. The van der Waals surface area contributed by atoms with Gasteiger partial charge in [0.15, 0.2) is 0 Å². The molecule has 0 aliphatic carbocycles. The van der Waals surface area contributed by atoms with E-state index < -0.39 is 21.9 Å². The average molecular weight is 670 g/mol. The van der Waals surface area contributed by atoms with E-state index in [-0.39, 0.29) is 22.0 Å². The number of sulfone groups is 1. The second-order valence-electron chi connectivity index (χ2n) is 11.0. The molecular formula is C38H36ClNO6S. The van der Waals surface area contributed by atoms with Crippen molar-refractivity contribution in [1.82, 2.24) is 4.90 Å². The fourth-order valence-electron chi connectivity index (χ4n) is 5.15. The van der Waals surface area contributed by atoms with E-state index in [1.807, 2.05) is 42.5 Å². The highest BCUT2D eigenvalue weighted by molar-refractivity contribution is 7.91. The topological polar surface area (TPSA) is 93.1 Å². The van der Waals surface area contributed by atoms with E-state index in [9.17, 15) is 18.3 Å². The zero-order valence-electron chi connectivity index (χ0n) is 26.0. The normalized spacial score (nSPS) is 12.1. The molecule has 0 saturated heterocycles. The van der Waals surface area contributed by atoms with Crippen LogP contribution in [0.3, 0.4) is 0 Å². The molecule has 1 atom stereocenters. The standard InChI is InChI=1S/C38H36ClNO6S/c1-2-45-38(42)35-13-6-7-14-37(35)46-32-17-21-34(22-18-32)47(43,44)33-19-15-28(16-20-33)23-24-40(26-29-9-4-3-5-10-29)27-36(41)30-11-8-12-31(39)25-30/h3-22,25,36,41H,2,23-24,26-27H2,1H3/t36-/m0/s1. The summed E-state index contributed by atoms with van der Waals surface area (Å²) in [6.07, 6.45) is -0.0524. The first-order valence-electron chi connectivity index (χ1n) is 15.3. The highest BCUT2D eigenvalue weighted by Gasteiger charge is 2.20. The second-order valence-corrected chi connectivity index (χ2v) is 13.4. The van der Waals surface area contributed by atoms with Crippen LogP contribution in [0.2, 0.25) is 5.02 Å². The number of halogens is 1. The van der Waals surface area contributed by atoms with Crippen LogP contribution in [0.25, 0.3) is 0 Å².